The van der Waals surface area contributed by atoms with Gasteiger partial charge in [-0.1, -0.05) is 24.3 Å². The molecule has 7 heteroatoms. The minimum atomic E-state index is -2.52. The fraction of sp³-hybridized carbons (Fsp3) is 0.364. The van der Waals surface area contributed by atoms with Gasteiger partial charge in [-0.2, -0.15) is 0 Å². The second-order valence-electron chi connectivity index (χ2n) is 7.86. The van der Waals surface area contributed by atoms with Crippen molar-refractivity contribution in [3.63, 3.8) is 0 Å². The van der Waals surface area contributed by atoms with Gasteiger partial charge in [-0.15, -0.1) is 0 Å². The topological polar surface area (TPSA) is 58.2 Å². The summed E-state index contributed by atoms with van der Waals surface area (Å²) in [7, 11) is 0. The predicted molar refractivity (Wildman–Crippen MR) is 105 cm³/mol. The van der Waals surface area contributed by atoms with Gasteiger partial charge in [0, 0.05) is 12.8 Å². The fourth-order valence-electron chi connectivity index (χ4n) is 4.39. The smallest absolute Gasteiger partial charge is 0.415 e. The number of nitrogens with one attached hydrogen (secondary N) is 1. The Morgan fingerprint density at radius 1 is 1.07 bits per heavy atom. The van der Waals surface area contributed by atoms with Crippen molar-refractivity contribution in [2.75, 3.05) is 11.5 Å². The standard InChI is InChI=1S/C22H21F2N3O2/c23-22(24)9-7-15(8-10-22)14-1-3-16(4-2-14)20-12-29-21(28)27(20)17-5-6-18-19(11-17)26-13-25-18/h1-6,11,13,15,20H,7-10,12H2,(H,25,26). The van der Waals surface area contributed by atoms with Crippen LogP contribution in [0.3, 0.4) is 0 Å². The maximum Gasteiger partial charge on any atom is 0.415 e. The number of hydrogen-bond donors (Lipinski definition) is 1. The van der Waals surface area contributed by atoms with Crippen molar-refractivity contribution in [1.29, 1.82) is 0 Å². The number of carbonyl (C=O) groups is 1. The molecule has 2 aliphatic rings. The number of H-pyrrole nitrogens is 1. The van der Waals surface area contributed by atoms with Gasteiger partial charge in [-0.05, 0) is 48.1 Å². The first-order chi connectivity index (χ1) is 14.0. The summed E-state index contributed by atoms with van der Waals surface area (Å²) in [5.74, 6) is -2.35. The van der Waals surface area contributed by atoms with Crippen LogP contribution in [0.2, 0.25) is 0 Å². The number of rotatable bonds is 3. The summed E-state index contributed by atoms with van der Waals surface area (Å²) < 4.78 is 32.2. The number of amides is 1. The Balaban J connectivity index is 1.38. The predicted octanol–water partition coefficient (Wildman–Crippen LogP) is 5.55. The van der Waals surface area contributed by atoms with E-state index in [4.69, 9.17) is 4.74 Å². The van der Waals surface area contributed by atoms with Crippen LogP contribution < -0.4 is 4.90 Å². The van der Waals surface area contributed by atoms with Gasteiger partial charge in [-0.3, -0.25) is 4.90 Å². The Morgan fingerprint density at radius 3 is 2.55 bits per heavy atom. The van der Waals surface area contributed by atoms with E-state index in [9.17, 15) is 13.6 Å². The summed E-state index contributed by atoms with van der Waals surface area (Å²) in [4.78, 5) is 21.3. The summed E-state index contributed by atoms with van der Waals surface area (Å²) in [5, 5.41) is 0. The molecule has 2 heterocycles. The number of ether oxygens (including phenoxy) is 1. The number of benzene rings is 2. The number of carbonyl (C=O) groups excluding carboxylic acids is 1. The third-order valence-electron chi connectivity index (χ3n) is 6.06. The van der Waals surface area contributed by atoms with Gasteiger partial charge >= 0.3 is 6.09 Å². The van der Waals surface area contributed by atoms with Crippen molar-refractivity contribution in [1.82, 2.24) is 9.97 Å². The number of anilines is 1. The molecule has 1 aliphatic heterocycles. The van der Waals surface area contributed by atoms with Crippen LogP contribution in [0.1, 0.15) is 48.8 Å². The molecule has 0 bridgehead atoms. The van der Waals surface area contributed by atoms with Crippen LogP contribution in [-0.2, 0) is 4.74 Å². The zero-order valence-corrected chi connectivity index (χ0v) is 15.8. The monoisotopic (exact) mass is 397 g/mol. The number of aromatic nitrogens is 2. The van der Waals surface area contributed by atoms with E-state index in [1.165, 1.54) is 0 Å². The molecule has 1 aliphatic carbocycles. The molecule has 1 atom stereocenters. The number of hydrogen-bond acceptors (Lipinski definition) is 3. The molecule has 150 valence electrons. The average molecular weight is 397 g/mol. The van der Waals surface area contributed by atoms with Gasteiger partial charge in [0.2, 0.25) is 5.92 Å². The lowest BCUT2D eigenvalue weighted by Crippen LogP contribution is -2.27. The second-order valence-corrected chi connectivity index (χ2v) is 7.86. The first kappa shape index (κ1) is 18.1. The van der Waals surface area contributed by atoms with Crippen molar-refractivity contribution in [2.24, 2.45) is 0 Å². The highest BCUT2D eigenvalue weighted by Crippen LogP contribution is 2.41. The number of alkyl halides is 2. The van der Waals surface area contributed by atoms with Gasteiger partial charge in [0.1, 0.15) is 6.61 Å². The molecule has 5 nitrogen and oxygen atoms in total. The molecule has 1 saturated carbocycles. The zero-order chi connectivity index (χ0) is 20.0. The normalized spacial score (nSPS) is 22.2. The van der Waals surface area contributed by atoms with Crippen LogP contribution in [0.25, 0.3) is 11.0 Å². The molecule has 1 N–H and O–H groups in total. The van der Waals surface area contributed by atoms with Crippen molar-refractivity contribution in [2.45, 2.75) is 43.6 Å². The molecule has 1 amide bonds. The molecule has 1 saturated heterocycles. The number of nitrogens with zero attached hydrogens (tertiary/aromatic N) is 2. The van der Waals surface area contributed by atoms with Crippen molar-refractivity contribution >= 4 is 22.8 Å². The lowest BCUT2D eigenvalue weighted by atomic mass is 9.82. The highest BCUT2D eigenvalue weighted by Gasteiger charge is 2.37. The Labute approximate surface area is 166 Å². The van der Waals surface area contributed by atoms with E-state index in [1.54, 1.807) is 11.2 Å². The van der Waals surface area contributed by atoms with Crippen LogP contribution in [0.15, 0.2) is 48.8 Å². The maximum absolute atomic E-state index is 13.4. The van der Waals surface area contributed by atoms with Gasteiger partial charge in [-0.25, -0.2) is 18.6 Å². The largest absolute Gasteiger partial charge is 0.447 e. The highest BCUT2D eigenvalue weighted by atomic mass is 19.3. The molecular weight excluding hydrogens is 376 g/mol. The summed E-state index contributed by atoms with van der Waals surface area (Å²) >= 11 is 0. The first-order valence-electron chi connectivity index (χ1n) is 9.87. The van der Waals surface area contributed by atoms with E-state index in [2.05, 4.69) is 9.97 Å². The van der Waals surface area contributed by atoms with Gasteiger partial charge in [0.25, 0.3) is 0 Å². The van der Waals surface area contributed by atoms with Crippen LogP contribution in [0, 0.1) is 0 Å². The summed E-state index contributed by atoms with van der Waals surface area (Å²) in [6.45, 7) is 0.273. The molecule has 1 aromatic heterocycles. The molecule has 2 fully saturated rings. The fourth-order valence-corrected chi connectivity index (χ4v) is 4.39. The Morgan fingerprint density at radius 2 is 1.79 bits per heavy atom. The number of imidazole rings is 1. The molecule has 3 aromatic rings. The van der Waals surface area contributed by atoms with Crippen molar-refractivity contribution < 1.29 is 18.3 Å². The molecule has 2 aromatic carbocycles. The van der Waals surface area contributed by atoms with Gasteiger partial charge in [0.05, 0.1) is 29.1 Å². The minimum Gasteiger partial charge on any atom is -0.447 e. The van der Waals surface area contributed by atoms with Crippen LogP contribution >= 0.6 is 0 Å². The van der Waals surface area contributed by atoms with E-state index in [1.807, 2.05) is 42.5 Å². The quantitative estimate of drug-likeness (QED) is 0.630. The third-order valence-corrected chi connectivity index (χ3v) is 6.06. The zero-order valence-electron chi connectivity index (χ0n) is 15.8. The summed E-state index contributed by atoms with van der Waals surface area (Å²) in [5.41, 5.74) is 4.48. The molecule has 1 unspecified atom stereocenters. The molecular formula is C22H21F2N3O2. The minimum absolute atomic E-state index is 0.0474. The van der Waals surface area contributed by atoms with Crippen molar-refractivity contribution in [3.8, 4) is 0 Å². The summed E-state index contributed by atoms with van der Waals surface area (Å²) in [6.07, 6.45) is 2.16. The number of aromatic amines is 1. The Hall–Kier alpha value is -2.96. The first-order valence-corrected chi connectivity index (χ1v) is 9.87. The van der Waals surface area contributed by atoms with E-state index >= 15 is 0 Å². The van der Waals surface area contributed by atoms with E-state index in [0.717, 1.165) is 27.8 Å². The molecule has 0 spiro atoms. The Kier molecular flexibility index (Phi) is 4.26. The number of cyclic esters (lactones) is 1. The summed E-state index contributed by atoms with van der Waals surface area (Å²) in [6, 6.07) is 13.4. The van der Waals surface area contributed by atoms with Crippen LogP contribution in [0.4, 0.5) is 19.3 Å². The molecule has 0 radical (unpaired) electrons. The second kappa shape index (κ2) is 6.83. The van der Waals surface area contributed by atoms with Crippen molar-refractivity contribution in [3.05, 3.63) is 59.9 Å². The van der Waals surface area contributed by atoms with Crippen LogP contribution in [-0.4, -0.2) is 28.6 Å². The number of fused-ring (bicyclic) bond motifs is 1. The number of halogens is 2. The van der Waals surface area contributed by atoms with Crippen LogP contribution in [0.5, 0.6) is 0 Å². The average Bonchev–Trinajstić information content (AvgIpc) is 3.34. The van der Waals surface area contributed by atoms with Gasteiger partial charge in [0.15, 0.2) is 0 Å². The lowest BCUT2D eigenvalue weighted by molar-refractivity contribution is -0.0382. The maximum atomic E-state index is 13.4. The van der Waals surface area contributed by atoms with E-state index in [0.29, 0.717) is 12.8 Å². The highest BCUT2D eigenvalue weighted by molar-refractivity contribution is 5.93. The van der Waals surface area contributed by atoms with E-state index in [-0.39, 0.29) is 37.5 Å². The Bertz CT molecular complexity index is 1040. The third kappa shape index (κ3) is 3.34. The van der Waals surface area contributed by atoms with Gasteiger partial charge < -0.3 is 9.72 Å². The van der Waals surface area contributed by atoms with E-state index < -0.39 is 5.92 Å². The molecule has 29 heavy (non-hydrogen) atoms. The SMILES string of the molecule is O=C1OCC(c2ccc(C3CCC(F)(F)CC3)cc2)N1c1ccc2nc[nH]c2c1. The molecule has 5 rings (SSSR count). The lowest BCUT2D eigenvalue weighted by Gasteiger charge is -2.29.